The lowest BCUT2D eigenvalue weighted by Gasteiger charge is -2.30. The summed E-state index contributed by atoms with van der Waals surface area (Å²) in [5.41, 5.74) is -1.19. The van der Waals surface area contributed by atoms with Gasteiger partial charge in [0, 0.05) is 0 Å². The number of rotatable bonds is 4. The van der Waals surface area contributed by atoms with E-state index in [1.165, 1.54) is 0 Å². The fourth-order valence-electron chi connectivity index (χ4n) is 1.49. The van der Waals surface area contributed by atoms with Gasteiger partial charge in [-0.05, 0) is 6.07 Å². The fourth-order valence-corrected chi connectivity index (χ4v) is 1.49. The number of hydrogen-bond acceptors (Lipinski definition) is 10. The Morgan fingerprint density at radius 1 is 1.05 bits per heavy atom. The van der Waals surface area contributed by atoms with Gasteiger partial charge in [0.25, 0.3) is 0 Å². The largest absolute Gasteiger partial charge is 0.504 e. The summed E-state index contributed by atoms with van der Waals surface area (Å²) in [4.78, 5) is 10.8. The van der Waals surface area contributed by atoms with Crippen LogP contribution in [0, 0.1) is 0 Å². The molecule has 1 aromatic rings. The van der Waals surface area contributed by atoms with Gasteiger partial charge in [-0.2, -0.15) is 0 Å². The van der Waals surface area contributed by atoms with Crippen LogP contribution in [-0.4, -0.2) is 63.4 Å². The van der Waals surface area contributed by atoms with Gasteiger partial charge in [0.2, 0.25) is 23.3 Å². The zero-order valence-corrected chi connectivity index (χ0v) is 9.54. The van der Waals surface area contributed by atoms with Gasteiger partial charge >= 0.3 is 5.97 Å². The molecule has 0 amide bonds. The van der Waals surface area contributed by atoms with Crippen LogP contribution in [0.25, 0.3) is 0 Å². The van der Waals surface area contributed by atoms with E-state index in [2.05, 4.69) is 0 Å². The predicted molar refractivity (Wildman–Crippen MR) is 56.1 cm³/mol. The molecule has 9 N–H and O–H groups in total. The Bertz CT molecular complexity index is 540. The highest BCUT2D eigenvalue weighted by Crippen LogP contribution is 2.47. The number of aromatic hydroxyl groups is 4. The minimum absolute atomic E-state index is 0.323. The molecular formula is C9H11NO10. The minimum Gasteiger partial charge on any atom is -0.504 e. The topological polar surface area (TPSA) is 202 Å². The Kier molecular flexibility index (Phi) is 3.93. The van der Waals surface area contributed by atoms with E-state index in [1.54, 1.807) is 0 Å². The van der Waals surface area contributed by atoms with Crippen molar-refractivity contribution < 1.29 is 51.0 Å². The molecule has 0 aromatic heterocycles. The van der Waals surface area contributed by atoms with E-state index in [1.807, 2.05) is 0 Å². The fraction of sp³-hybridized carbons (Fsp3) is 0.222. The van der Waals surface area contributed by atoms with E-state index < -0.39 is 51.6 Å². The number of phenolic OH excluding ortho intramolecular Hbond substituents is 4. The highest BCUT2D eigenvalue weighted by atomic mass is 16.8. The molecule has 1 atom stereocenters. The quantitative estimate of drug-likeness (QED) is 0.131. The lowest BCUT2D eigenvalue weighted by molar-refractivity contribution is -0.377. The molecule has 20 heavy (non-hydrogen) atoms. The lowest BCUT2D eigenvalue weighted by atomic mass is 9.96. The first-order valence-corrected chi connectivity index (χ1v) is 4.83. The van der Waals surface area contributed by atoms with Crippen LogP contribution in [0.15, 0.2) is 6.07 Å². The van der Waals surface area contributed by atoms with Crippen LogP contribution in [-0.2, 0) is 10.6 Å². The van der Waals surface area contributed by atoms with Crippen molar-refractivity contribution in [2.45, 2.75) is 11.8 Å². The van der Waals surface area contributed by atoms with Gasteiger partial charge in [0.15, 0.2) is 11.5 Å². The number of hydrogen-bond donors (Lipinski definition) is 9. The van der Waals surface area contributed by atoms with Crippen molar-refractivity contribution in [2.75, 3.05) is 0 Å². The maximum atomic E-state index is 10.8. The Labute approximate surface area is 110 Å². The molecule has 0 spiro atoms. The number of carboxylic acids is 1. The summed E-state index contributed by atoms with van der Waals surface area (Å²) in [6, 6.07) is -2.47. The number of aliphatic hydroxyl groups is 2. The highest BCUT2D eigenvalue weighted by Gasteiger charge is 2.48. The van der Waals surface area contributed by atoms with Gasteiger partial charge in [-0.15, -0.1) is 0 Å². The molecule has 0 radical (unpaired) electrons. The Hall–Kier alpha value is -2.31. The smallest absolute Gasteiger partial charge is 0.332 e. The van der Waals surface area contributed by atoms with E-state index in [-0.39, 0.29) is 0 Å². The van der Waals surface area contributed by atoms with Crippen molar-refractivity contribution in [3.63, 3.8) is 0 Å². The lowest BCUT2D eigenvalue weighted by Crippen LogP contribution is -2.53. The first kappa shape index (κ1) is 15.7. The minimum atomic E-state index is -3.64. The van der Waals surface area contributed by atoms with Crippen LogP contribution in [0.3, 0.4) is 0 Å². The average molecular weight is 293 g/mol. The summed E-state index contributed by atoms with van der Waals surface area (Å²) in [6.07, 6.45) is 0. The van der Waals surface area contributed by atoms with Gasteiger partial charge in [-0.25, -0.2) is 0 Å². The molecular weight excluding hydrogens is 282 g/mol. The summed E-state index contributed by atoms with van der Waals surface area (Å²) in [5.74, 6) is -10.8. The second-order valence-corrected chi connectivity index (χ2v) is 3.78. The van der Waals surface area contributed by atoms with Crippen LogP contribution in [0.4, 0.5) is 0 Å². The number of carboxylic acid groups (broad SMARTS) is 1. The summed E-state index contributed by atoms with van der Waals surface area (Å²) in [6.45, 7) is 0. The molecule has 0 aliphatic heterocycles. The third kappa shape index (κ3) is 2.38. The van der Waals surface area contributed by atoms with Gasteiger partial charge < -0.3 is 35.7 Å². The van der Waals surface area contributed by atoms with E-state index in [0.717, 1.165) is 0 Å². The molecule has 0 unspecified atom stereocenters. The number of aliphatic carboxylic acids is 1. The van der Waals surface area contributed by atoms with Crippen LogP contribution in [0.2, 0.25) is 0 Å². The van der Waals surface area contributed by atoms with Crippen LogP contribution < -0.4 is 0 Å². The molecule has 11 heteroatoms. The van der Waals surface area contributed by atoms with Crippen molar-refractivity contribution in [3.05, 3.63) is 11.6 Å². The van der Waals surface area contributed by atoms with Gasteiger partial charge in [0.1, 0.15) is 0 Å². The molecule has 112 valence electrons. The Balaban J connectivity index is 3.53. The zero-order chi connectivity index (χ0) is 15.8. The average Bonchev–Trinajstić information content (AvgIpc) is 2.29. The monoisotopic (exact) mass is 293 g/mol. The molecule has 0 bridgehead atoms. The Morgan fingerprint density at radius 3 is 1.95 bits per heavy atom. The highest BCUT2D eigenvalue weighted by molar-refractivity contribution is 5.75. The molecule has 0 fully saturated rings. The second kappa shape index (κ2) is 4.99. The zero-order valence-electron chi connectivity index (χ0n) is 9.54. The van der Waals surface area contributed by atoms with Gasteiger partial charge in [-0.3, -0.25) is 15.2 Å². The molecule has 0 saturated carbocycles. The predicted octanol–water partition coefficient (Wildman–Crippen LogP) is -1.82. The van der Waals surface area contributed by atoms with Gasteiger partial charge in [-0.1, -0.05) is 5.23 Å². The number of hydroxylamine groups is 2. The third-order valence-electron chi connectivity index (χ3n) is 2.47. The van der Waals surface area contributed by atoms with E-state index in [0.29, 0.717) is 6.07 Å². The first-order valence-electron chi connectivity index (χ1n) is 4.83. The van der Waals surface area contributed by atoms with Crippen molar-refractivity contribution >= 4 is 5.97 Å². The van der Waals surface area contributed by atoms with E-state index in [9.17, 15) is 30.3 Å². The molecule has 0 saturated heterocycles. The number of nitrogens with zero attached hydrogens (tertiary/aromatic N) is 1. The Morgan fingerprint density at radius 2 is 1.55 bits per heavy atom. The molecule has 0 aliphatic rings. The van der Waals surface area contributed by atoms with E-state index >= 15 is 0 Å². The second-order valence-electron chi connectivity index (χ2n) is 3.78. The first-order chi connectivity index (χ1) is 9.01. The standard InChI is InChI=1S/C9H11NO10/c11-3-1-2(4(12)6(14)5(3)13)9(17,18)7(8(15)16)10(19)20/h1,7,11-14,17-20H,(H,15,16)/t7-/m1/s1. The summed E-state index contributed by atoms with van der Waals surface area (Å²) in [5, 5.41) is 81.3. The molecule has 1 rings (SSSR count). The molecule has 11 nitrogen and oxygen atoms in total. The summed E-state index contributed by atoms with van der Waals surface area (Å²) < 4.78 is 0. The number of benzene rings is 1. The number of phenols is 4. The summed E-state index contributed by atoms with van der Waals surface area (Å²) >= 11 is 0. The molecule has 0 aliphatic carbocycles. The van der Waals surface area contributed by atoms with Crippen LogP contribution in [0.1, 0.15) is 5.56 Å². The van der Waals surface area contributed by atoms with Crippen molar-refractivity contribution in [3.8, 4) is 23.0 Å². The van der Waals surface area contributed by atoms with Crippen molar-refractivity contribution in [1.29, 1.82) is 0 Å². The SMILES string of the molecule is O=C(O)[C@@H](N(O)O)C(O)(O)c1cc(O)c(O)c(O)c1O. The maximum absolute atomic E-state index is 10.8. The van der Waals surface area contributed by atoms with Crippen LogP contribution in [0.5, 0.6) is 23.0 Å². The normalized spacial score (nSPS) is 13.4. The van der Waals surface area contributed by atoms with E-state index in [4.69, 9.17) is 20.6 Å². The van der Waals surface area contributed by atoms with Gasteiger partial charge in [0.05, 0.1) is 5.56 Å². The number of carbonyl (C=O) groups is 1. The van der Waals surface area contributed by atoms with Crippen molar-refractivity contribution in [2.24, 2.45) is 0 Å². The van der Waals surface area contributed by atoms with Crippen molar-refractivity contribution in [1.82, 2.24) is 5.23 Å². The maximum Gasteiger partial charge on any atom is 0.332 e. The van der Waals surface area contributed by atoms with Crippen LogP contribution >= 0.6 is 0 Å². The molecule has 1 aromatic carbocycles. The third-order valence-corrected chi connectivity index (χ3v) is 2.47. The summed E-state index contributed by atoms with van der Waals surface area (Å²) in [7, 11) is 0. The molecule has 0 heterocycles.